The van der Waals surface area contributed by atoms with E-state index in [1.165, 1.54) is 17.1 Å². The van der Waals surface area contributed by atoms with Gasteiger partial charge in [-0.15, -0.1) is 6.42 Å². The third-order valence-corrected chi connectivity index (χ3v) is 1.25. The van der Waals surface area contributed by atoms with Gasteiger partial charge in [0.25, 0.3) is 5.91 Å². The van der Waals surface area contributed by atoms with Crippen molar-refractivity contribution in [2.24, 2.45) is 0 Å². The summed E-state index contributed by atoms with van der Waals surface area (Å²) < 4.78 is 1.39. The highest BCUT2D eigenvalue weighted by Gasteiger charge is 2.00. The summed E-state index contributed by atoms with van der Waals surface area (Å²) in [5.74, 6) is 1.37. The molecule has 5 nitrogen and oxygen atoms in total. The highest BCUT2D eigenvalue weighted by molar-refractivity contribution is 6.03. The van der Waals surface area contributed by atoms with Gasteiger partial charge >= 0.3 is 0 Å². The third kappa shape index (κ3) is 2.35. The number of carbonyl (C=O) groups excluding carboxylic acids is 1. The highest BCUT2D eigenvalue weighted by Crippen LogP contribution is 2.03. The van der Waals surface area contributed by atoms with Crippen LogP contribution in [0, 0.1) is 23.7 Å². The summed E-state index contributed by atoms with van der Waals surface area (Å²) in [6.07, 6.45) is 7.79. The van der Waals surface area contributed by atoms with Crippen LogP contribution in [0.5, 0.6) is 0 Å². The molecule has 1 rings (SSSR count). The Morgan fingerprint density at radius 1 is 1.85 bits per heavy atom. The molecule has 1 N–H and O–H groups in total. The van der Waals surface area contributed by atoms with E-state index in [-0.39, 0.29) is 6.54 Å². The van der Waals surface area contributed by atoms with Crippen LogP contribution in [0.3, 0.4) is 0 Å². The number of rotatable bonds is 2. The second-order valence-corrected chi connectivity index (χ2v) is 2.18. The van der Waals surface area contributed by atoms with Crippen LogP contribution in [0.15, 0.2) is 12.4 Å². The van der Waals surface area contributed by atoms with E-state index >= 15 is 0 Å². The standard InChI is InChI=1S/C8H6N4O/c1-2-8(13)11-7-5-10-12(6-7)4-3-9/h1,5-6H,4H2,(H,11,13). The summed E-state index contributed by atoms with van der Waals surface area (Å²) >= 11 is 0. The second-order valence-electron chi connectivity index (χ2n) is 2.18. The number of anilines is 1. The Balaban J connectivity index is 2.66. The fraction of sp³-hybridized carbons (Fsp3) is 0.125. The maximum Gasteiger partial charge on any atom is 0.300 e. The fourth-order valence-corrected chi connectivity index (χ4v) is 0.754. The zero-order valence-electron chi connectivity index (χ0n) is 6.69. The molecule has 0 aliphatic rings. The van der Waals surface area contributed by atoms with Gasteiger partial charge in [0.15, 0.2) is 0 Å². The van der Waals surface area contributed by atoms with Crippen molar-refractivity contribution in [1.29, 1.82) is 5.26 Å². The molecule has 0 saturated heterocycles. The van der Waals surface area contributed by atoms with Crippen molar-refractivity contribution in [2.45, 2.75) is 6.54 Å². The zero-order chi connectivity index (χ0) is 9.68. The van der Waals surface area contributed by atoms with Crippen LogP contribution in [0.1, 0.15) is 0 Å². The van der Waals surface area contributed by atoms with Crippen LogP contribution in [0.4, 0.5) is 5.69 Å². The molecule has 0 aliphatic heterocycles. The predicted molar refractivity (Wildman–Crippen MR) is 45.3 cm³/mol. The Labute approximate surface area is 75.0 Å². The van der Waals surface area contributed by atoms with Crippen LogP contribution in [-0.2, 0) is 11.3 Å². The Bertz CT molecular complexity index is 393. The lowest BCUT2D eigenvalue weighted by atomic mass is 10.5. The average molecular weight is 174 g/mol. The van der Waals surface area contributed by atoms with Crippen LogP contribution in [0.25, 0.3) is 0 Å². The summed E-state index contributed by atoms with van der Waals surface area (Å²) in [6, 6.07) is 1.91. The SMILES string of the molecule is C#CC(=O)Nc1cnn(CC#N)c1. The molecular formula is C8H6N4O. The first-order valence-electron chi connectivity index (χ1n) is 3.43. The van der Waals surface area contributed by atoms with E-state index in [2.05, 4.69) is 10.4 Å². The highest BCUT2D eigenvalue weighted by atomic mass is 16.1. The normalized spacial score (nSPS) is 8.46. The number of hydrogen-bond acceptors (Lipinski definition) is 3. The summed E-state index contributed by atoms with van der Waals surface area (Å²) in [4.78, 5) is 10.7. The van der Waals surface area contributed by atoms with Crippen LogP contribution >= 0.6 is 0 Å². The van der Waals surface area contributed by atoms with Gasteiger partial charge in [-0.25, -0.2) is 0 Å². The van der Waals surface area contributed by atoms with Gasteiger partial charge in [-0.05, 0) is 5.92 Å². The molecule has 0 bridgehead atoms. The Morgan fingerprint density at radius 3 is 3.23 bits per heavy atom. The van der Waals surface area contributed by atoms with E-state index in [0.29, 0.717) is 5.69 Å². The monoisotopic (exact) mass is 174 g/mol. The van der Waals surface area contributed by atoms with Crippen LogP contribution in [-0.4, -0.2) is 15.7 Å². The first-order chi connectivity index (χ1) is 6.26. The fourth-order valence-electron chi connectivity index (χ4n) is 0.754. The molecule has 0 aromatic carbocycles. The lowest BCUT2D eigenvalue weighted by Gasteiger charge is -1.92. The van der Waals surface area contributed by atoms with Gasteiger partial charge < -0.3 is 5.32 Å². The number of nitrogens with one attached hydrogen (secondary N) is 1. The molecule has 5 heteroatoms. The molecule has 1 heterocycles. The number of amides is 1. The van der Waals surface area contributed by atoms with Gasteiger partial charge in [0.1, 0.15) is 6.54 Å². The molecule has 0 saturated carbocycles. The molecular weight excluding hydrogens is 168 g/mol. The number of nitrogens with zero attached hydrogens (tertiary/aromatic N) is 3. The first kappa shape index (κ1) is 8.82. The first-order valence-corrected chi connectivity index (χ1v) is 3.43. The van der Waals surface area contributed by atoms with E-state index in [4.69, 9.17) is 11.7 Å². The van der Waals surface area contributed by atoms with Crippen LogP contribution < -0.4 is 5.32 Å². The van der Waals surface area contributed by atoms with Gasteiger partial charge in [-0.2, -0.15) is 10.4 Å². The minimum Gasteiger partial charge on any atom is -0.312 e. The summed E-state index contributed by atoms with van der Waals surface area (Å²) in [7, 11) is 0. The van der Waals surface area contributed by atoms with E-state index < -0.39 is 5.91 Å². The summed E-state index contributed by atoms with van der Waals surface area (Å²) in [6.45, 7) is 0.145. The number of hydrogen-bond donors (Lipinski definition) is 1. The van der Waals surface area contributed by atoms with Gasteiger partial charge in [-0.1, -0.05) is 0 Å². The van der Waals surface area contributed by atoms with Gasteiger partial charge in [0, 0.05) is 6.20 Å². The summed E-state index contributed by atoms with van der Waals surface area (Å²) in [5.41, 5.74) is 0.484. The van der Waals surface area contributed by atoms with Crippen molar-refractivity contribution in [1.82, 2.24) is 9.78 Å². The van der Waals surface area contributed by atoms with E-state index in [1.54, 1.807) is 0 Å². The van der Waals surface area contributed by atoms with Crippen molar-refractivity contribution in [2.75, 3.05) is 5.32 Å². The predicted octanol–water partition coefficient (Wildman–Crippen LogP) is -0.0216. The van der Waals surface area contributed by atoms with E-state index in [0.717, 1.165) is 0 Å². The van der Waals surface area contributed by atoms with Gasteiger partial charge in [0.2, 0.25) is 0 Å². The zero-order valence-corrected chi connectivity index (χ0v) is 6.69. The number of aromatic nitrogens is 2. The minimum atomic E-state index is -0.531. The van der Waals surface area contributed by atoms with E-state index in [1.807, 2.05) is 12.0 Å². The van der Waals surface area contributed by atoms with Crippen molar-refractivity contribution in [3.05, 3.63) is 12.4 Å². The smallest absolute Gasteiger partial charge is 0.300 e. The van der Waals surface area contributed by atoms with Crippen LogP contribution in [0.2, 0.25) is 0 Å². The Kier molecular flexibility index (Phi) is 2.67. The number of terminal acetylenes is 1. The maximum atomic E-state index is 10.7. The number of nitriles is 1. The topological polar surface area (TPSA) is 70.7 Å². The number of carbonyl (C=O) groups is 1. The van der Waals surface area contributed by atoms with Crippen molar-refractivity contribution >= 4 is 11.6 Å². The largest absolute Gasteiger partial charge is 0.312 e. The Morgan fingerprint density at radius 2 is 2.62 bits per heavy atom. The molecule has 13 heavy (non-hydrogen) atoms. The quantitative estimate of drug-likeness (QED) is 0.640. The molecule has 0 fully saturated rings. The molecule has 0 unspecified atom stereocenters. The lowest BCUT2D eigenvalue weighted by Crippen LogP contribution is -2.07. The van der Waals surface area contributed by atoms with Crippen molar-refractivity contribution in [3.8, 4) is 18.4 Å². The average Bonchev–Trinajstić information content (AvgIpc) is 2.53. The molecule has 0 aliphatic carbocycles. The Hall–Kier alpha value is -2.27. The molecule has 64 valence electrons. The molecule has 0 atom stereocenters. The van der Waals surface area contributed by atoms with E-state index in [9.17, 15) is 4.79 Å². The molecule has 1 aromatic heterocycles. The van der Waals surface area contributed by atoms with Crippen molar-refractivity contribution < 1.29 is 4.79 Å². The summed E-state index contributed by atoms with van der Waals surface area (Å²) in [5, 5.41) is 14.5. The van der Waals surface area contributed by atoms with Crippen molar-refractivity contribution in [3.63, 3.8) is 0 Å². The van der Waals surface area contributed by atoms with Gasteiger partial charge in [-0.3, -0.25) is 9.48 Å². The molecule has 0 spiro atoms. The second kappa shape index (κ2) is 3.93. The van der Waals surface area contributed by atoms with Gasteiger partial charge in [0.05, 0.1) is 18.0 Å². The maximum absolute atomic E-state index is 10.7. The molecule has 1 amide bonds. The third-order valence-electron chi connectivity index (χ3n) is 1.25. The molecule has 1 aromatic rings. The molecule has 0 radical (unpaired) electrons. The lowest BCUT2D eigenvalue weighted by molar-refractivity contribution is -0.111. The minimum absolute atomic E-state index is 0.145.